The second-order valence-electron chi connectivity index (χ2n) is 4.94. The normalized spacial score (nSPS) is 10.8. The standard InChI is InChI=1S/C16H17O4P/c1-10-8-11(2)15(12(3)9-10)16(17)13-6-4-5-7-14(13)20-21(18)19/h4-9,18-19H,1-3H3. The highest BCUT2D eigenvalue weighted by molar-refractivity contribution is 7.39. The maximum atomic E-state index is 12.8. The molecule has 0 bridgehead atoms. The summed E-state index contributed by atoms with van der Waals surface area (Å²) in [5.74, 6) is -0.00423. The highest BCUT2D eigenvalue weighted by Gasteiger charge is 2.19. The van der Waals surface area contributed by atoms with Crippen LogP contribution in [0.1, 0.15) is 32.6 Å². The van der Waals surface area contributed by atoms with Crippen LogP contribution in [-0.2, 0) is 0 Å². The summed E-state index contributed by atoms with van der Waals surface area (Å²) in [6.07, 6.45) is 0. The van der Waals surface area contributed by atoms with Crippen LogP contribution in [-0.4, -0.2) is 15.6 Å². The van der Waals surface area contributed by atoms with Gasteiger partial charge in [0.15, 0.2) is 5.78 Å². The van der Waals surface area contributed by atoms with Crippen molar-refractivity contribution >= 4 is 14.4 Å². The van der Waals surface area contributed by atoms with Gasteiger partial charge in [-0.1, -0.05) is 29.8 Å². The average molecular weight is 304 g/mol. The minimum absolute atomic E-state index is 0.179. The summed E-state index contributed by atoms with van der Waals surface area (Å²) in [5.41, 5.74) is 3.82. The number of aryl methyl sites for hydroxylation is 3. The van der Waals surface area contributed by atoms with Gasteiger partial charge in [-0.15, -0.1) is 0 Å². The molecule has 0 saturated heterocycles. The van der Waals surface area contributed by atoms with Crippen LogP contribution in [0.5, 0.6) is 5.75 Å². The summed E-state index contributed by atoms with van der Waals surface area (Å²) in [6, 6.07) is 10.5. The predicted molar refractivity (Wildman–Crippen MR) is 82.5 cm³/mol. The molecule has 0 aliphatic carbocycles. The van der Waals surface area contributed by atoms with Crippen LogP contribution in [0.15, 0.2) is 36.4 Å². The van der Waals surface area contributed by atoms with Crippen molar-refractivity contribution in [1.82, 2.24) is 0 Å². The van der Waals surface area contributed by atoms with E-state index in [9.17, 15) is 4.79 Å². The largest absolute Gasteiger partial charge is 0.426 e. The quantitative estimate of drug-likeness (QED) is 0.671. The first-order chi connectivity index (χ1) is 9.90. The molecule has 0 saturated carbocycles. The summed E-state index contributed by atoms with van der Waals surface area (Å²) in [4.78, 5) is 30.8. The number of rotatable bonds is 4. The van der Waals surface area contributed by atoms with Crippen molar-refractivity contribution in [3.8, 4) is 5.75 Å². The van der Waals surface area contributed by atoms with E-state index in [1.807, 2.05) is 32.9 Å². The van der Waals surface area contributed by atoms with Crippen LogP contribution in [0.3, 0.4) is 0 Å². The van der Waals surface area contributed by atoms with E-state index in [0.29, 0.717) is 11.1 Å². The molecule has 0 atom stereocenters. The first-order valence-electron chi connectivity index (χ1n) is 6.47. The third-order valence-electron chi connectivity index (χ3n) is 3.22. The molecule has 21 heavy (non-hydrogen) atoms. The van der Waals surface area contributed by atoms with E-state index in [4.69, 9.17) is 14.3 Å². The van der Waals surface area contributed by atoms with Gasteiger partial charge in [0.05, 0.1) is 5.56 Å². The predicted octanol–water partition coefficient (Wildman–Crippen LogP) is 3.43. The highest BCUT2D eigenvalue weighted by Crippen LogP contribution is 2.33. The Hall–Kier alpha value is -1.74. The van der Waals surface area contributed by atoms with E-state index >= 15 is 0 Å². The van der Waals surface area contributed by atoms with Crippen molar-refractivity contribution in [2.45, 2.75) is 20.8 Å². The molecule has 110 valence electrons. The summed E-state index contributed by atoms with van der Waals surface area (Å²) < 4.78 is 4.95. The third-order valence-corrected chi connectivity index (χ3v) is 3.58. The van der Waals surface area contributed by atoms with Gasteiger partial charge in [0, 0.05) is 5.56 Å². The number of carbonyl (C=O) groups excluding carboxylic acids is 1. The molecule has 0 aliphatic heterocycles. The maximum Gasteiger partial charge on any atom is 0.391 e. The lowest BCUT2D eigenvalue weighted by Crippen LogP contribution is -2.08. The van der Waals surface area contributed by atoms with Gasteiger partial charge in [0.2, 0.25) is 0 Å². The maximum absolute atomic E-state index is 12.8. The van der Waals surface area contributed by atoms with Crippen LogP contribution >= 0.6 is 8.60 Å². The molecule has 0 fully saturated rings. The Balaban J connectivity index is 2.51. The van der Waals surface area contributed by atoms with Crippen LogP contribution in [0, 0.1) is 20.8 Å². The highest BCUT2D eigenvalue weighted by atomic mass is 31.2. The number of carbonyl (C=O) groups is 1. The van der Waals surface area contributed by atoms with E-state index in [0.717, 1.165) is 16.7 Å². The molecule has 0 spiro atoms. The number of hydrogen-bond acceptors (Lipinski definition) is 4. The monoisotopic (exact) mass is 304 g/mol. The molecular weight excluding hydrogens is 287 g/mol. The van der Waals surface area contributed by atoms with E-state index in [2.05, 4.69) is 0 Å². The second-order valence-corrected chi connectivity index (χ2v) is 5.63. The first kappa shape index (κ1) is 15.6. The lowest BCUT2D eigenvalue weighted by atomic mass is 9.93. The van der Waals surface area contributed by atoms with Crippen LogP contribution in [0.25, 0.3) is 0 Å². The zero-order chi connectivity index (χ0) is 15.6. The van der Waals surface area contributed by atoms with Gasteiger partial charge in [0.25, 0.3) is 0 Å². The molecule has 2 aromatic carbocycles. The zero-order valence-electron chi connectivity index (χ0n) is 12.1. The van der Waals surface area contributed by atoms with Crippen molar-refractivity contribution < 1.29 is 19.1 Å². The number of ketones is 1. The fraction of sp³-hybridized carbons (Fsp3) is 0.188. The number of para-hydroxylation sites is 1. The van der Waals surface area contributed by atoms with Gasteiger partial charge >= 0.3 is 8.60 Å². The summed E-state index contributed by atoms with van der Waals surface area (Å²) >= 11 is 0. The van der Waals surface area contributed by atoms with Crippen molar-refractivity contribution in [1.29, 1.82) is 0 Å². The minimum atomic E-state index is -2.56. The third kappa shape index (κ3) is 3.48. The molecule has 2 N–H and O–H groups in total. The van der Waals surface area contributed by atoms with Gasteiger partial charge < -0.3 is 14.3 Å². The van der Waals surface area contributed by atoms with Crippen LogP contribution < -0.4 is 4.52 Å². The van der Waals surface area contributed by atoms with Gasteiger partial charge in [-0.3, -0.25) is 4.79 Å². The second kappa shape index (κ2) is 6.35. The topological polar surface area (TPSA) is 66.8 Å². The molecular formula is C16H17O4P. The van der Waals surface area contributed by atoms with E-state index in [1.165, 1.54) is 0 Å². The molecule has 4 nitrogen and oxygen atoms in total. The Bertz CT molecular complexity index is 657. The van der Waals surface area contributed by atoms with Crippen molar-refractivity contribution in [3.63, 3.8) is 0 Å². The number of hydrogen-bond donors (Lipinski definition) is 2. The zero-order valence-corrected chi connectivity index (χ0v) is 13.0. The molecule has 0 radical (unpaired) electrons. The van der Waals surface area contributed by atoms with Crippen molar-refractivity contribution in [2.75, 3.05) is 0 Å². The van der Waals surface area contributed by atoms with Crippen LogP contribution in [0.4, 0.5) is 0 Å². The van der Waals surface area contributed by atoms with Gasteiger partial charge in [-0.25, -0.2) is 0 Å². The Morgan fingerprint density at radius 3 is 2.19 bits per heavy atom. The first-order valence-corrected chi connectivity index (χ1v) is 7.64. The van der Waals surface area contributed by atoms with Gasteiger partial charge in [-0.2, -0.15) is 0 Å². The molecule has 0 unspecified atom stereocenters. The average Bonchev–Trinajstić information content (AvgIpc) is 2.37. The molecule has 0 aliphatic rings. The Morgan fingerprint density at radius 1 is 1.05 bits per heavy atom. The molecule has 2 rings (SSSR count). The SMILES string of the molecule is Cc1cc(C)c(C(=O)c2ccccc2OP(O)O)c(C)c1. The van der Waals surface area contributed by atoms with Gasteiger partial charge in [0.1, 0.15) is 5.75 Å². The molecule has 0 heterocycles. The minimum Gasteiger partial charge on any atom is -0.426 e. The Morgan fingerprint density at radius 2 is 1.62 bits per heavy atom. The smallest absolute Gasteiger partial charge is 0.391 e. The van der Waals surface area contributed by atoms with Crippen molar-refractivity contribution in [2.24, 2.45) is 0 Å². The molecule has 0 aromatic heterocycles. The number of benzene rings is 2. The summed E-state index contributed by atoms with van der Waals surface area (Å²) in [6.45, 7) is 5.76. The molecule has 5 heteroatoms. The lowest BCUT2D eigenvalue weighted by Gasteiger charge is -2.13. The van der Waals surface area contributed by atoms with Crippen LogP contribution in [0.2, 0.25) is 0 Å². The lowest BCUT2D eigenvalue weighted by molar-refractivity contribution is 0.103. The Labute approximate surface area is 125 Å². The Kier molecular flexibility index (Phi) is 4.73. The van der Waals surface area contributed by atoms with E-state index in [1.54, 1.807) is 24.3 Å². The molecule has 0 amide bonds. The summed E-state index contributed by atoms with van der Waals surface area (Å²) in [7, 11) is -2.56. The van der Waals surface area contributed by atoms with E-state index in [-0.39, 0.29) is 11.5 Å². The van der Waals surface area contributed by atoms with Gasteiger partial charge in [-0.05, 0) is 44.0 Å². The fourth-order valence-electron chi connectivity index (χ4n) is 2.49. The van der Waals surface area contributed by atoms with E-state index < -0.39 is 8.60 Å². The molecule has 2 aromatic rings. The fourth-order valence-corrected chi connectivity index (χ4v) is 2.83. The van der Waals surface area contributed by atoms with Crippen molar-refractivity contribution in [3.05, 3.63) is 64.2 Å². The summed E-state index contributed by atoms with van der Waals surface area (Å²) in [5, 5.41) is 0.